The molecule has 2 aromatic rings. The van der Waals surface area contributed by atoms with Gasteiger partial charge in [-0.2, -0.15) is 0 Å². The molecule has 0 aromatic carbocycles. The van der Waals surface area contributed by atoms with Crippen molar-refractivity contribution in [2.75, 3.05) is 12.3 Å². The highest BCUT2D eigenvalue weighted by Crippen LogP contribution is 2.32. The molecule has 10 heteroatoms. The molecule has 1 fully saturated rings. The Morgan fingerprint density at radius 1 is 1.33 bits per heavy atom. The summed E-state index contributed by atoms with van der Waals surface area (Å²) in [6, 6.07) is 0. The summed E-state index contributed by atoms with van der Waals surface area (Å²) >= 11 is 0. The van der Waals surface area contributed by atoms with Crippen LogP contribution in [0.1, 0.15) is 33.9 Å². The van der Waals surface area contributed by atoms with Crippen LogP contribution in [0.25, 0.3) is 11.2 Å². The van der Waals surface area contributed by atoms with Crippen molar-refractivity contribution in [1.29, 1.82) is 0 Å². The third-order valence-electron chi connectivity index (χ3n) is 4.37. The van der Waals surface area contributed by atoms with Gasteiger partial charge in [0.15, 0.2) is 6.33 Å². The van der Waals surface area contributed by atoms with Gasteiger partial charge in [-0.1, -0.05) is 4.98 Å². The van der Waals surface area contributed by atoms with Crippen molar-refractivity contribution in [3.63, 3.8) is 0 Å². The zero-order chi connectivity index (χ0) is 19.9. The molecule has 0 radical (unpaired) electrons. The Morgan fingerprint density at radius 3 is 2.56 bits per heavy atom. The molecule has 0 unspecified atom stereocenters. The van der Waals surface area contributed by atoms with Gasteiger partial charge in [0.25, 0.3) is 11.5 Å². The molecule has 27 heavy (non-hydrogen) atoms. The smallest absolute Gasteiger partial charge is 0.313 e. The summed E-state index contributed by atoms with van der Waals surface area (Å²) in [7, 11) is 1.73. The van der Waals surface area contributed by atoms with Gasteiger partial charge in [0, 0.05) is 0 Å². The highest BCUT2D eigenvalue weighted by molar-refractivity contribution is 5.67. The topological polar surface area (TPSA) is 131 Å². The van der Waals surface area contributed by atoms with E-state index >= 15 is 0 Å². The number of anilines is 1. The lowest BCUT2D eigenvalue weighted by atomic mass is 10.1. The molecule has 1 aliphatic rings. The van der Waals surface area contributed by atoms with Gasteiger partial charge in [-0.15, -0.1) is 6.61 Å². The molecule has 0 aliphatic carbocycles. The van der Waals surface area contributed by atoms with E-state index < -0.39 is 31.1 Å². The number of ether oxygens (including phenoxy) is 3. The van der Waals surface area contributed by atoms with Gasteiger partial charge in [0.2, 0.25) is 11.7 Å². The van der Waals surface area contributed by atoms with E-state index in [1.807, 2.05) is 27.7 Å². The average molecular weight is 381 g/mol. The Kier molecular flexibility index (Phi) is 5.52. The van der Waals surface area contributed by atoms with Crippen LogP contribution in [0.2, 0.25) is 0 Å². The molecule has 2 aromatic heterocycles. The summed E-state index contributed by atoms with van der Waals surface area (Å²) in [6.45, 7) is 7.14. The first-order valence-electron chi connectivity index (χ1n) is 9.03. The van der Waals surface area contributed by atoms with E-state index in [0.717, 1.165) is 0 Å². The molecular weight excluding hydrogens is 354 g/mol. The molecule has 0 bridgehead atoms. The number of aromatic nitrogens is 4. The fourth-order valence-electron chi connectivity index (χ4n) is 3.46. The fourth-order valence-corrected chi connectivity index (χ4v) is 3.46. The van der Waals surface area contributed by atoms with Crippen molar-refractivity contribution >= 4 is 17.1 Å². The van der Waals surface area contributed by atoms with Gasteiger partial charge >= 0.3 is 5.65 Å². The van der Waals surface area contributed by atoms with Crippen molar-refractivity contribution in [2.45, 2.75) is 64.4 Å². The second-order valence-corrected chi connectivity index (χ2v) is 7.29. The molecule has 1 aliphatic heterocycles. The molecule has 0 spiro atoms. The number of H-pyrrole nitrogens is 1. The van der Waals surface area contributed by atoms with Crippen LogP contribution in [-0.4, -0.2) is 51.7 Å². The van der Waals surface area contributed by atoms with Gasteiger partial charge < -0.3 is 25.1 Å². The van der Waals surface area contributed by atoms with E-state index in [9.17, 15) is 9.90 Å². The average Bonchev–Trinajstić information content (AvgIpc) is 3.05. The molecule has 10 nitrogen and oxygen atoms in total. The van der Waals surface area contributed by atoms with Crippen LogP contribution in [0.4, 0.5) is 5.95 Å². The molecule has 3 heterocycles. The fraction of sp³-hybridized carbons (Fsp3) is 0.706. The number of rotatable bonds is 6. The number of fused-ring (bicyclic) bond motifs is 1. The minimum Gasteiger partial charge on any atom is -0.853 e. The van der Waals surface area contributed by atoms with Crippen LogP contribution in [0.3, 0.4) is 0 Å². The minimum atomic E-state index is -0.678. The van der Waals surface area contributed by atoms with Crippen molar-refractivity contribution in [3.8, 4) is 0 Å². The zero-order valence-corrected chi connectivity index (χ0v) is 16.2. The summed E-state index contributed by atoms with van der Waals surface area (Å²) in [4.78, 5) is 19.0. The van der Waals surface area contributed by atoms with E-state index in [1.165, 1.54) is 0 Å². The van der Waals surface area contributed by atoms with Gasteiger partial charge in [-0.05, 0) is 27.7 Å². The van der Waals surface area contributed by atoms with Crippen molar-refractivity contribution in [3.05, 3.63) is 16.7 Å². The molecular formula is C17H27N5O5. The number of nitrogens with one attached hydrogen (secondary N) is 1. The molecule has 4 atom stereocenters. The summed E-state index contributed by atoms with van der Waals surface area (Å²) in [6.07, 6.45) is -0.939. The Morgan fingerprint density at radius 2 is 1.96 bits per heavy atom. The Hall–Kier alpha value is -2.01. The first-order valence-corrected chi connectivity index (χ1v) is 9.03. The number of aryl methyl sites for hydroxylation is 1. The first-order chi connectivity index (χ1) is 12.7. The SMILES string of the molecule is CC(C)O[C@@H]1[C@H](OC(C)C)[C@@H](C[O-])O[C@H]1[n+]1cn(C)c2c(=O)[nH]c(N)nc21. The maximum absolute atomic E-state index is 12.3. The molecule has 3 N–H and O–H groups in total. The van der Waals surface area contributed by atoms with Gasteiger partial charge in [-0.25, -0.2) is 4.57 Å². The third kappa shape index (κ3) is 3.70. The lowest BCUT2D eigenvalue weighted by Crippen LogP contribution is -2.49. The van der Waals surface area contributed by atoms with Gasteiger partial charge in [0.05, 0.1) is 25.4 Å². The Balaban J connectivity index is 2.11. The maximum atomic E-state index is 12.3. The standard InChI is InChI=1S/C17H27N5O5/c1-8(2)25-12-10(6-23)27-16(13(12)26-9(3)4)22-7-21(5)11-14(22)19-17(18)20-15(11)24/h7-10,12-13,16H,6H2,1-5H3,(H3,18,19,20,24)/t10-,12-,13-,16-/m1/s1. The number of nitrogens with zero attached hydrogens (tertiary/aromatic N) is 3. The van der Waals surface area contributed by atoms with E-state index in [1.54, 1.807) is 22.5 Å². The largest absolute Gasteiger partial charge is 0.853 e. The van der Waals surface area contributed by atoms with Crippen LogP contribution in [0.15, 0.2) is 11.1 Å². The summed E-state index contributed by atoms with van der Waals surface area (Å²) in [5.41, 5.74) is 6.08. The van der Waals surface area contributed by atoms with Crippen LogP contribution in [0.5, 0.6) is 0 Å². The third-order valence-corrected chi connectivity index (χ3v) is 4.37. The van der Waals surface area contributed by atoms with E-state index in [-0.39, 0.29) is 23.7 Å². The quantitative estimate of drug-likeness (QED) is 0.612. The van der Waals surface area contributed by atoms with E-state index in [4.69, 9.17) is 19.9 Å². The van der Waals surface area contributed by atoms with Crippen molar-refractivity contribution < 1.29 is 23.9 Å². The molecule has 0 amide bonds. The first kappa shape index (κ1) is 19.7. The minimum absolute atomic E-state index is 0.00197. The second-order valence-electron chi connectivity index (χ2n) is 7.29. The summed E-state index contributed by atoms with van der Waals surface area (Å²) in [5, 5.41) is 11.7. The second kappa shape index (κ2) is 7.55. The van der Waals surface area contributed by atoms with Gasteiger partial charge in [-0.3, -0.25) is 14.3 Å². The van der Waals surface area contributed by atoms with Crippen LogP contribution >= 0.6 is 0 Å². The highest BCUT2D eigenvalue weighted by Gasteiger charge is 2.49. The molecule has 1 saturated heterocycles. The number of hydrogen-bond acceptors (Lipinski definition) is 7. The lowest BCUT2D eigenvalue weighted by Gasteiger charge is -2.28. The number of imidazole rings is 1. The highest BCUT2D eigenvalue weighted by atomic mass is 16.6. The van der Waals surface area contributed by atoms with E-state index in [2.05, 4.69) is 9.97 Å². The summed E-state index contributed by atoms with van der Waals surface area (Å²) in [5.74, 6) is 0.00197. The normalized spacial score (nSPS) is 25.9. The molecule has 3 rings (SSSR count). The number of nitrogen functional groups attached to an aromatic ring is 1. The van der Waals surface area contributed by atoms with Crippen molar-refractivity contribution in [2.24, 2.45) is 7.05 Å². The van der Waals surface area contributed by atoms with E-state index in [0.29, 0.717) is 11.2 Å². The van der Waals surface area contributed by atoms with Crippen molar-refractivity contribution in [1.82, 2.24) is 14.5 Å². The number of nitrogens with two attached hydrogens (primary N) is 1. The van der Waals surface area contributed by atoms with Crippen LogP contribution in [0, 0.1) is 0 Å². The number of hydrogen-bond donors (Lipinski definition) is 2. The monoisotopic (exact) mass is 381 g/mol. The molecule has 150 valence electrons. The van der Waals surface area contributed by atoms with Crippen LogP contribution in [-0.2, 0) is 21.3 Å². The van der Waals surface area contributed by atoms with Crippen LogP contribution < -0.4 is 21.0 Å². The maximum Gasteiger partial charge on any atom is 0.313 e. The lowest BCUT2D eigenvalue weighted by molar-refractivity contribution is -0.747. The predicted octanol–water partition coefficient (Wildman–Crippen LogP) is -1.02. The Labute approximate surface area is 156 Å². The number of aromatic amines is 1. The summed E-state index contributed by atoms with van der Waals surface area (Å²) < 4.78 is 21.4. The predicted molar refractivity (Wildman–Crippen MR) is 94.7 cm³/mol. The molecule has 0 saturated carbocycles. The Bertz CT molecular complexity index is 861. The van der Waals surface area contributed by atoms with Gasteiger partial charge in [0.1, 0.15) is 12.2 Å². The zero-order valence-electron chi connectivity index (χ0n) is 16.2.